The van der Waals surface area contributed by atoms with Crippen LogP contribution in [-0.2, 0) is 10.0 Å². The van der Waals surface area contributed by atoms with Gasteiger partial charge in [0, 0.05) is 32.4 Å². The second-order valence-electron chi connectivity index (χ2n) is 3.15. The highest BCUT2D eigenvalue weighted by Gasteiger charge is 2.22. The van der Waals surface area contributed by atoms with Crippen LogP contribution in [0.3, 0.4) is 0 Å². The molecule has 0 radical (unpaired) electrons. The lowest BCUT2D eigenvalue weighted by Gasteiger charge is -2.16. The first-order valence-electron chi connectivity index (χ1n) is 4.53. The van der Waals surface area contributed by atoms with Gasteiger partial charge in [0.05, 0.1) is 11.8 Å². The maximum atomic E-state index is 12.0. The van der Waals surface area contributed by atoms with Gasteiger partial charge in [-0.3, -0.25) is 4.98 Å². The van der Waals surface area contributed by atoms with Crippen molar-refractivity contribution in [2.24, 2.45) is 0 Å². The summed E-state index contributed by atoms with van der Waals surface area (Å²) in [5.41, 5.74) is 5.71. The van der Waals surface area contributed by atoms with E-state index in [1.54, 1.807) is 0 Å². The highest BCUT2D eigenvalue weighted by atomic mass is 32.2. The molecule has 6 nitrogen and oxygen atoms in total. The average Bonchev–Trinajstić information content (AvgIpc) is 2.26. The molecule has 86 valence electrons. The van der Waals surface area contributed by atoms with Crippen LogP contribution in [0.1, 0.15) is 6.42 Å². The number of nitrogens with zero attached hydrogens (tertiary/aromatic N) is 3. The summed E-state index contributed by atoms with van der Waals surface area (Å²) in [5, 5.41) is 8.40. The average molecular weight is 240 g/mol. The number of hydrogen-bond acceptors (Lipinski definition) is 5. The van der Waals surface area contributed by atoms with Gasteiger partial charge in [-0.25, -0.2) is 8.42 Å². The summed E-state index contributed by atoms with van der Waals surface area (Å²) in [6, 6.07) is 3.31. The Morgan fingerprint density at radius 3 is 2.88 bits per heavy atom. The van der Waals surface area contributed by atoms with E-state index in [1.165, 1.54) is 25.5 Å². The molecule has 0 bridgehead atoms. The number of rotatable bonds is 4. The lowest BCUT2D eigenvalue weighted by molar-refractivity contribution is 0.476. The first-order valence-corrected chi connectivity index (χ1v) is 5.97. The Kier molecular flexibility index (Phi) is 3.82. The predicted octanol–water partition coefficient (Wildman–Crippen LogP) is 0.198. The van der Waals surface area contributed by atoms with E-state index in [-0.39, 0.29) is 23.5 Å². The summed E-state index contributed by atoms with van der Waals surface area (Å²) in [6.07, 6.45) is 2.76. The molecule has 0 saturated heterocycles. The van der Waals surface area contributed by atoms with E-state index in [2.05, 4.69) is 4.98 Å². The molecule has 0 unspecified atom stereocenters. The molecule has 0 spiro atoms. The van der Waals surface area contributed by atoms with Gasteiger partial charge in [-0.15, -0.1) is 0 Å². The zero-order chi connectivity index (χ0) is 12.2. The van der Waals surface area contributed by atoms with Gasteiger partial charge in [-0.1, -0.05) is 0 Å². The third-order valence-corrected chi connectivity index (χ3v) is 3.94. The van der Waals surface area contributed by atoms with Crippen molar-refractivity contribution >= 4 is 15.7 Å². The van der Waals surface area contributed by atoms with Crippen LogP contribution in [0.2, 0.25) is 0 Å². The Labute approximate surface area is 94.4 Å². The van der Waals surface area contributed by atoms with E-state index in [1.807, 2.05) is 6.07 Å². The van der Waals surface area contributed by atoms with Gasteiger partial charge < -0.3 is 5.73 Å². The van der Waals surface area contributed by atoms with Crippen molar-refractivity contribution in [2.45, 2.75) is 11.3 Å². The molecule has 0 atom stereocenters. The molecule has 7 heteroatoms. The summed E-state index contributed by atoms with van der Waals surface area (Å²) in [6.45, 7) is 0.132. The van der Waals surface area contributed by atoms with Gasteiger partial charge in [-0.2, -0.15) is 9.57 Å². The minimum absolute atomic E-state index is 0.0320. The molecule has 0 aliphatic rings. The van der Waals surface area contributed by atoms with Gasteiger partial charge in [0.2, 0.25) is 10.0 Å². The second-order valence-corrected chi connectivity index (χ2v) is 5.16. The molecular formula is C9H12N4O2S. The molecular weight excluding hydrogens is 228 g/mol. The Balaban J connectivity index is 3.04. The van der Waals surface area contributed by atoms with Crippen molar-refractivity contribution in [2.75, 3.05) is 19.3 Å². The molecule has 0 fully saturated rings. The fourth-order valence-electron chi connectivity index (χ4n) is 1.10. The van der Waals surface area contributed by atoms with Crippen LogP contribution in [0.4, 0.5) is 5.69 Å². The molecule has 0 aromatic carbocycles. The summed E-state index contributed by atoms with van der Waals surface area (Å²) in [5.74, 6) is 0. The smallest absolute Gasteiger partial charge is 0.246 e. The molecule has 0 aliphatic carbocycles. The SMILES string of the molecule is CN(CCC#N)S(=O)(=O)c1cnccc1N. The van der Waals surface area contributed by atoms with Gasteiger partial charge >= 0.3 is 0 Å². The fourth-order valence-corrected chi connectivity index (χ4v) is 2.33. The number of nitrogen functional groups attached to an aromatic ring is 1. The standard InChI is InChI=1S/C9H12N4O2S/c1-13(6-2-4-10)16(14,15)9-7-12-5-3-8(9)11/h3,5,7H,2,6H2,1H3,(H2,11,12). The zero-order valence-corrected chi connectivity index (χ0v) is 9.61. The minimum atomic E-state index is -3.65. The number of sulfonamides is 1. The first-order chi connectivity index (χ1) is 7.50. The van der Waals surface area contributed by atoms with Gasteiger partial charge in [-0.05, 0) is 6.07 Å². The van der Waals surface area contributed by atoms with E-state index in [4.69, 9.17) is 11.0 Å². The lowest BCUT2D eigenvalue weighted by Crippen LogP contribution is -2.28. The zero-order valence-electron chi connectivity index (χ0n) is 8.79. The molecule has 16 heavy (non-hydrogen) atoms. The molecule has 0 aliphatic heterocycles. The van der Waals surface area contributed by atoms with Gasteiger partial charge in [0.15, 0.2) is 0 Å². The maximum Gasteiger partial charge on any atom is 0.246 e. The summed E-state index contributed by atoms with van der Waals surface area (Å²) in [4.78, 5) is 3.69. The van der Waals surface area contributed by atoms with Gasteiger partial charge in [0.25, 0.3) is 0 Å². The Morgan fingerprint density at radius 2 is 2.31 bits per heavy atom. The quantitative estimate of drug-likeness (QED) is 0.810. The van der Waals surface area contributed by atoms with E-state index in [0.29, 0.717) is 0 Å². The van der Waals surface area contributed by atoms with Crippen molar-refractivity contribution in [3.8, 4) is 6.07 Å². The van der Waals surface area contributed by atoms with Crippen LogP contribution < -0.4 is 5.73 Å². The van der Waals surface area contributed by atoms with Crippen molar-refractivity contribution < 1.29 is 8.42 Å². The second kappa shape index (κ2) is 4.92. The normalized spacial score (nSPS) is 11.3. The van der Waals surface area contributed by atoms with Crippen LogP contribution in [0, 0.1) is 11.3 Å². The maximum absolute atomic E-state index is 12.0. The monoisotopic (exact) mass is 240 g/mol. The Morgan fingerprint density at radius 1 is 1.62 bits per heavy atom. The van der Waals surface area contributed by atoms with E-state index in [0.717, 1.165) is 4.31 Å². The summed E-state index contributed by atoms with van der Waals surface area (Å²) in [7, 11) is -2.25. The van der Waals surface area contributed by atoms with E-state index >= 15 is 0 Å². The van der Waals surface area contributed by atoms with Gasteiger partial charge in [0.1, 0.15) is 4.90 Å². The third-order valence-electron chi connectivity index (χ3n) is 2.04. The summed E-state index contributed by atoms with van der Waals surface area (Å²) < 4.78 is 25.0. The van der Waals surface area contributed by atoms with Crippen LogP contribution in [0.25, 0.3) is 0 Å². The van der Waals surface area contributed by atoms with Crippen LogP contribution in [0.5, 0.6) is 0 Å². The molecule has 1 aromatic heterocycles. The molecule has 0 amide bonds. The predicted molar refractivity (Wildman–Crippen MR) is 58.7 cm³/mol. The number of nitrogens with two attached hydrogens (primary N) is 1. The highest BCUT2D eigenvalue weighted by molar-refractivity contribution is 7.89. The largest absolute Gasteiger partial charge is 0.398 e. The van der Waals surface area contributed by atoms with Crippen LogP contribution >= 0.6 is 0 Å². The number of nitriles is 1. The number of pyridine rings is 1. The van der Waals surface area contributed by atoms with E-state index < -0.39 is 10.0 Å². The molecule has 0 saturated carbocycles. The first kappa shape index (κ1) is 12.4. The van der Waals surface area contributed by atoms with Crippen LogP contribution in [0.15, 0.2) is 23.4 Å². The Hall–Kier alpha value is -1.65. The van der Waals surface area contributed by atoms with Crippen molar-refractivity contribution in [3.63, 3.8) is 0 Å². The van der Waals surface area contributed by atoms with Crippen molar-refractivity contribution in [3.05, 3.63) is 18.5 Å². The number of aromatic nitrogens is 1. The third kappa shape index (κ3) is 2.48. The van der Waals surface area contributed by atoms with E-state index in [9.17, 15) is 8.42 Å². The molecule has 1 rings (SSSR count). The van der Waals surface area contributed by atoms with Crippen molar-refractivity contribution in [1.82, 2.24) is 9.29 Å². The Bertz CT molecular complexity index is 506. The van der Waals surface area contributed by atoms with Crippen molar-refractivity contribution in [1.29, 1.82) is 5.26 Å². The topological polar surface area (TPSA) is 100 Å². The number of hydrogen-bond donors (Lipinski definition) is 1. The fraction of sp³-hybridized carbons (Fsp3) is 0.333. The molecule has 1 aromatic rings. The number of anilines is 1. The molecule has 1 heterocycles. The highest BCUT2D eigenvalue weighted by Crippen LogP contribution is 2.19. The summed E-state index contributed by atoms with van der Waals surface area (Å²) >= 11 is 0. The minimum Gasteiger partial charge on any atom is -0.398 e. The van der Waals surface area contributed by atoms with Crippen LogP contribution in [-0.4, -0.2) is 31.3 Å². The molecule has 2 N–H and O–H groups in total. The lowest BCUT2D eigenvalue weighted by atomic mass is 10.4.